The van der Waals surface area contributed by atoms with Gasteiger partial charge in [-0.15, -0.1) is 0 Å². The maximum atomic E-state index is 11.5. The number of carboxylic acid groups (broad SMARTS) is 1. The van der Waals surface area contributed by atoms with E-state index in [1.807, 2.05) is 13.8 Å². The van der Waals surface area contributed by atoms with E-state index in [2.05, 4.69) is 6.07 Å². The number of rotatable bonds is 2. The van der Waals surface area contributed by atoms with E-state index in [1.54, 1.807) is 24.3 Å². The molecule has 1 fully saturated rings. The number of carbonyl (C=O) groups is 1. The van der Waals surface area contributed by atoms with Gasteiger partial charge in [0.05, 0.1) is 17.0 Å². The van der Waals surface area contributed by atoms with Gasteiger partial charge in [-0.05, 0) is 23.5 Å². The van der Waals surface area contributed by atoms with Crippen LogP contribution in [0.25, 0.3) is 0 Å². The predicted molar refractivity (Wildman–Crippen MR) is 58.9 cm³/mol. The van der Waals surface area contributed by atoms with Crippen LogP contribution in [0.4, 0.5) is 0 Å². The first-order chi connectivity index (χ1) is 7.45. The van der Waals surface area contributed by atoms with Gasteiger partial charge in [-0.1, -0.05) is 32.0 Å². The summed E-state index contributed by atoms with van der Waals surface area (Å²) in [5, 5.41) is 18.4. The summed E-state index contributed by atoms with van der Waals surface area (Å²) in [6.07, 6.45) is 0.591. The Kier molecular flexibility index (Phi) is 2.06. The van der Waals surface area contributed by atoms with E-state index in [4.69, 9.17) is 5.26 Å². The molecule has 1 aromatic carbocycles. The largest absolute Gasteiger partial charge is 0.481 e. The van der Waals surface area contributed by atoms with E-state index in [0.717, 1.165) is 0 Å². The second kappa shape index (κ2) is 3.08. The van der Waals surface area contributed by atoms with Crippen molar-refractivity contribution in [3.8, 4) is 6.07 Å². The molecular weight excluding hydrogens is 202 g/mol. The van der Waals surface area contributed by atoms with Gasteiger partial charge in [0.2, 0.25) is 0 Å². The highest BCUT2D eigenvalue weighted by Gasteiger charge is 2.68. The molecule has 1 aliphatic rings. The molecule has 1 unspecified atom stereocenters. The summed E-state index contributed by atoms with van der Waals surface area (Å²) in [6.45, 7) is 3.85. The molecule has 1 aliphatic carbocycles. The van der Waals surface area contributed by atoms with E-state index in [9.17, 15) is 9.90 Å². The maximum Gasteiger partial charge on any atom is 0.314 e. The third-order valence-electron chi connectivity index (χ3n) is 3.61. The number of nitrogens with zero attached hydrogens (tertiary/aromatic N) is 1. The zero-order valence-electron chi connectivity index (χ0n) is 9.32. The van der Waals surface area contributed by atoms with Crippen LogP contribution in [0, 0.1) is 16.7 Å². The molecule has 1 atom stereocenters. The van der Waals surface area contributed by atoms with Gasteiger partial charge < -0.3 is 5.11 Å². The Morgan fingerprint density at radius 1 is 1.44 bits per heavy atom. The molecule has 0 bridgehead atoms. The fourth-order valence-corrected chi connectivity index (χ4v) is 2.51. The SMILES string of the molecule is CC1(C)CC1(C(=O)O)c1ccccc1C#N. The van der Waals surface area contributed by atoms with Gasteiger partial charge in [0, 0.05) is 0 Å². The molecule has 0 heterocycles. The van der Waals surface area contributed by atoms with Crippen LogP contribution in [0.5, 0.6) is 0 Å². The van der Waals surface area contributed by atoms with E-state index >= 15 is 0 Å². The Labute approximate surface area is 94.3 Å². The van der Waals surface area contributed by atoms with Gasteiger partial charge in [0.15, 0.2) is 0 Å². The predicted octanol–water partition coefficient (Wildman–Crippen LogP) is 2.31. The van der Waals surface area contributed by atoms with Gasteiger partial charge in [0.25, 0.3) is 0 Å². The third kappa shape index (κ3) is 1.16. The fraction of sp³-hybridized carbons (Fsp3) is 0.385. The van der Waals surface area contributed by atoms with Gasteiger partial charge in [-0.3, -0.25) is 4.79 Å². The molecule has 82 valence electrons. The summed E-state index contributed by atoms with van der Waals surface area (Å²) in [6, 6.07) is 9.04. The van der Waals surface area contributed by atoms with Crippen molar-refractivity contribution in [2.24, 2.45) is 5.41 Å². The number of carboxylic acids is 1. The van der Waals surface area contributed by atoms with Gasteiger partial charge >= 0.3 is 5.97 Å². The number of hydrogen-bond acceptors (Lipinski definition) is 2. The topological polar surface area (TPSA) is 61.1 Å². The van der Waals surface area contributed by atoms with Gasteiger partial charge in [0.1, 0.15) is 0 Å². The second-order valence-electron chi connectivity index (χ2n) is 4.93. The molecule has 0 radical (unpaired) electrons. The van der Waals surface area contributed by atoms with Gasteiger partial charge in [-0.25, -0.2) is 0 Å². The Bertz CT molecular complexity index is 499. The highest BCUT2D eigenvalue weighted by Crippen LogP contribution is 2.64. The smallest absolute Gasteiger partial charge is 0.314 e. The Balaban J connectivity index is 2.61. The van der Waals surface area contributed by atoms with Crippen molar-refractivity contribution in [1.29, 1.82) is 5.26 Å². The molecule has 3 heteroatoms. The molecule has 1 N–H and O–H groups in total. The zero-order valence-corrected chi connectivity index (χ0v) is 9.32. The summed E-state index contributed by atoms with van der Waals surface area (Å²) in [5.74, 6) is -0.833. The lowest BCUT2D eigenvalue weighted by molar-refractivity contribution is -0.141. The third-order valence-corrected chi connectivity index (χ3v) is 3.61. The summed E-state index contributed by atoms with van der Waals surface area (Å²) in [5.41, 5.74) is -0.0315. The van der Waals surface area contributed by atoms with Crippen molar-refractivity contribution in [1.82, 2.24) is 0 Å². The van der Waals surface area contributed by atoms with Crippen LogP contribution in [0.1, 0.15) is 31.4 Å². The summed E-state index contributed by atoms with van der Waals surface area (Å²) < 4.78 is 0. The van der Waals surface area contributed by atoms with Crippen LogP contribution in [0.2, 0.25) is 0 Å². The summed E-state index contributed by atoms with van der Waals surface area (Å²) in [4.78, 5) is 11.5. The monoisotopic (exact) mass is 215 g/mol. The molecule has 16 heavy (non-hydrogen) atoms. The van der Waals surface area contributed by atoms with Crippen LogP contribution in [-0.2, 0) is 10.2 Å². The van der Waals surface area contributed by atoms with E-state index < -0.39 is 11.4 Å². The molecule has 2 rings (SSSR count). The number of nitriles is 1. The normalized spacial score (nSPS) is 25.8. The van der Waals surface area contributed by atoms with Crippen molar-refractivity contribution in [2.45, 2.75) is 25.7 Å². The van der Waals surface area contributed by atoms with E-state index in [0.29, 0.717) is 17.5 Å². The maximum absolute atomic E-state index is 11.5. The highest BCUT2D eigenvalue weighted by atomic mass is 16.4. The number of aliphatic carboxylic acids is 1. The molecule has 0 spiro atoms. The Hall–Kier alpha value is -1.82. The number of benzene rings is 1. The van der Waals surface area contributed by atoms with Gasteiger partial charge in [-0.2, -0.15) is 5.26 Å². The van der Waals surface area contributed by atoms with E-state index in [-0.39, 0.29) is 5.41 Å². The number of hydrogen-bond donors (Lipinski definition) is 1. The first-order valence-electron chi connectivity index (χ1n) is 5.19. The van der Waals surface area contributed by atoms with Crippen molar-refractivity contribution in [3.05, 3.63) is 35.4 Å². The van der Waals surface area contributed by atoms with Crippen molar-refractivity contribution >= 4 is 5.97 Å². The molecule has 1 aromatic rings. The lowest BCUT2D eigenvalue weighted by atomic mass is 9.85. The minimum absolute atomic E-state index is 0.272. The lowest BCUT2D eigenvalue weighted by Gasteiger charge is -2.17. The van der Waals surface area contributed by atoms with Crippen LogP contribution in [-0.4, -0.2) is 11.1 Å². The summed E-state index contributed by atoms with van der Waals surface area (Å²) >= 11 is 0. The highest BCUT2D eigenvalue weighted by molar-refractivity contribution is 5.88. The van der Waals surface area contributed by atoms with Crippen LogP contribution < -0.4 is 0 Å². The molecule has 0 aliphatic heterocycles. The summed E-state index contributed by atoms with van der Waals surface area (Å²) in [7, 11) is 0. The van der Waals surface area contributed by atoms with Crippen molar-refractivity contribution < 1.29 is 9.90 Å². The van der Waals surface area contributed by atoms with Crippen molar-refractivity contribution in [3.63, 3.8) is 0 Å². The first kappa shape index (κ1) is 10.7. The van der Waals surface area contributed by atoms with Crippen LogP contribution >= 0.6 is 0 Å². The molecule has 1 saturated carbocycles. The van der Waals surface area contributed by atoms with Crippen LogP contribution in [0.3, 0.4) is 0 Å². The average molecular weight is 215 g/mol. The Morgan fingerprint density at radius 3 is 2.44 bits per heavy atom. The standard InChI is InChI=1S/C13H13NO2/c1-12(2)8-13(12,11(15)16)10-6-4-3-5-9(10)7-14/h3-6H,8H2,1-2H3,(H,15,16). The lowest BCUT2D eigenvalue weighted by Crippen LogP contribution is -2.26. The first-order valence-corrected chi connectivity index (χ1v) is 5.19. The molecule has 3 nitrogen and oxygen atoms in total. The fourth-order valence-electron chi connectivity index (χ4n) is 2.51. The van der Waals surface area contributed by atoms with Crippen LogP contribution in [0.15, 0.2) is 24.3 Å². The minimum Gasteiger partial charge on any atom is -0.481 e. The Morgan fingerprint density at radius 2 is 2.00 bits per heavy atom. The molecule has 0 saturated heterocycles. The molecule has 0 aromatic heterocycles. The molecular formula is C13H13NO2. The molecule has 0 amide bonds. The van der Waals surface area contributed by atoms with Crippen molar-refractivity contribution in [2.75, 3.05) is 0 Å². The zero-order chi connectivity index (χ0) is 12.0. The average Bonchev–Trinajstić information content (AvgIpc) is 2.83. The quantitative estimate of drug-likeness (QED) is 0.823. The minimum atomic E-state index is -0.876. The second-order valence-corrected chi connectivity index (χ2v) is 4.93. The van der Waals surface area contributed by atoms with E-state index in [1.165, 1.54) is 0 Å².